The number of hydrogen-bond donors (Lipinski definition) is 2. The zero-order chi connectivity index (χ0) is 25.2. The largest absolute Gasteiger partial charge is 0.273 e. The van der Waals surface area contributed by atoms with Crippen molar-refractivity contribution in [1.29, 1.82) is 0 Å². The maximum absolute atomic E-state index is 13.0. The molecule has 11 nitrogen and oxygen atoms in total. The molecule has 1 saturated heterocycles. The Bertz CT molecular complexity index is 1350. The first-order valence-corrected chi connectivity index (χ1v) is 12.9. The van der Waals surface area contributed by atoms with Crippen LogP contribution in [-0.2, 0) is 26.0 Å². The molecule has 1 aliphatic rings. The highest BCUT2D eigenvalue weighted by atomic mass is 32.2. The summed E-state index contributed by atoms with van der Waals surface area (Å²) in [7, 11) is -3.69. The van der Waals surface area contributed by atoms with Crippen molar-refractivity contribution in [3.63, 3.8) is 0 Å². The van der Waals surface area contributed by atoms with Crippen LogP contribution in [0.4, 0.5) is 0 Å². The molecule has 2 aromatic heterocycles. The molecule has 1 fully saturated rings. The number of nitrogens with one attached hydrogen (secondary N) is 2. The molecule has 0 spiro atoms. The van der Waals surface area contributed by atoms with Gasteiger partial charge in [-0.3, -0.25) is 20.4 Å². The van der Waals surface area contributed by atoms with E-state index in [2.05, 4.69) is 25.9 Å². The predicted octanol–water partition coefficient (Wildman–Crippen LogP) is 1.23. The summed E-state index contributed by atoms with van der Waals surface area (Å²) in [6.07, 6.45) is 3.10. The van der Waals surface area contributed by atoms with E-state index in [0.29, 0.717) is 31.6 Å². The van der Waals surface area contributed by atoms with Gasteiger partial charge in [-0.15, -0.1) is 0 Å². The molecule has 12 heteroatoms. The third-order valence-electron chi connectivity index (χ3n) is 6.33. The molecular weight excluding hydrogens is 470 g/mol. The van der Waals surface area contributed by atoms with Crippen LogP contribution in [0, 0.1) is 26.7 Å². The quantitative estimate of drug-likeness (QED) is 0.486. The summed E-state index contributed by atoms with van der Waals surface area (Å²) >= 11 is 0. The van der Waals surface area contributed by atoms with Gasteiger partial charge in [0.2, 0.25) is 21.8 Å². The van der Waals surface area contributed by atoms with E-state index in [-0.39, 0.29) is 23.8 Å². The number of carbonyl (C=O) groups is 2. The topological polar surface area (TPSA) is 139 Å². The van der Waals surface area contributed by atoms with Gasteiger partial charge in [-0.2, -0.15) is 14.4 Å². The number of aryl methyl sites for hydroxylation is 3. The van der Waals surface area contributed by atoms with Gasteiger partial charge in [-0.1, -0.05) is 17.7 Å². The Hall–Kier alpha value is -3.38. The number of sulfonamides is 1. The van der Waals surface area contributed by atoms with Crippen molar-refractivity contribution in [3.8, 4) is 0 Å². The van der Waals surface area contributed by atoms with Crippen LogP contribution < -0.4 is 10.9 Å². The maximum atomic E-state index is 13.0. The molecule has 0 bridgehead atoms. The number of hydrazine groups is 1. The van der Waals surface area contributed by atoms with Gasteiger partial charge in [0.05, 0.1) is 10.8 Å². The summed E-state index contributed by atoms with van der Waals surface area (Å²) < 4.78 is 28.9. The third kappa shape index (κ3) is 5.33. The Morgan fingerprint density at radius 3 is 2.60 bits per heavy atom. The second-order valence-corrected chi connectivity index (χ2v) is 10.7. The molecule has 2 amide bonds. The van der Waals surface area contributed by atoms with E-state index in [4.69, 9.17) is 0 Å². The zero-order valence-corrected chi connectivity index (χ0v) is 20.8. The molecule has 4 rings (SSSR count). The van der Waals surface area contributed by atoms with E-state index in [1.807, 2.05) is 20.8 Å². The van der Waals surface area contributed by atoms with Gasteiger partial charge in [0, 0.05) is 30.9 Å². The van der Waals surface area contributed by atoms with E-state index in [1.54, 1.807) is 28.8 Å². The van der Waals surface area contributed by atoms with Gasteiger partial charge in [0.25, 0.3) is 5.78 Å². The van der Waals surface area contributed by atoms with Crippen LogP contribution in [0.3, 0.4) is 0 Å². The minimum Gasteiger partial charge on any atom is -0.273 e. The summed E-state index contributed by atoms with van der Waals surface area (Å²) in [5.41, 5.74) is 8.41. The number of aromatic nitrogens is 4. The number of rotatable bonds is 6. The molecule has 3 heterocycles. The van der Waals surface area contributed by atoms with Crippen molar-refractivity contribution in [1.82, 2.24) is 34.7 Å². The summed E-state index contributed by atoms with van der Waals surface area (Å²) in [6, 6.07) is 6.65. The number of fused-ring (bicyclic) bond motifs is 1. The molecule has 0 unspecified atom stereocenters. The second-order valence-electron chi connectivity index (χ2n) is 8.79. The van der Waals surface area contributed by atoms with Crippen molar-refractivity contribution >= 4 is 27.6 Å². The molecule has 35 heavy (non-hydrogen) atoms. The zero-order valence-electron chi connectivity index (χ0n) is 20.0. The highest BCUT2D eigenvalue weighted by Crippen LogP contribution is 2.24. The number of amides is 2. The summed E-state index contributed by atoms with van der Waals surface area (Å²) in [4.78, 5) is 33.8. The molecular formula is C23H29N7O4S. The number of piperidine rings is 1. The lowest BCUT2D eigenvalue weighted by molar-refractivity contribution is -0.132. The van der Waals surface area contributed by atoms with Crippen LogP contribution in [0.1, 0.15) is 41.8 Å². The Morgan fingerprint density at radius 1 is 1.11 bits per heavy atom. The fourth-order valence-electron chi connectivity index (χ4n) is 4.29. The fraction of sp³-hybridized carbons (Fsp3) is 0.435. The van der Waals surface area contributed by atoms with Crippen LogP contribution in [0.5, 0.6) is 0 Å². The van der Waals surface area contributed by atoms with Crippen molar-refractivity contribution in [2.75, 3.05) is 13.1 Å². The first kappa shape index (κ1) is 24.7. The normalized spacial score (nSPS) is 16.8. The van der Waals surface area contributed by atoms with Crippen molar-refractivity contribution in [3.05, 3.63) is 53.1 Å². The Kier molecular flexibility index (Phi) is 7.13. The lowest BCUT2D eigenvalue weighted by Crippen LogP contribution is -2.50. The van der Waals surface area contributed by atoms with E-state index < -0.39 is 21.8 Å². The minimum atomic E-state index is -3.69. The van der Waals surface area contributed by atoms with E-state index >= 15 is 0 Å². The van der Waals surface area contributed by atoms with Crippen LogP contribution in [-0.4, -0.2) is 57.2 Å². The smallest absolute Gasteiger partial charge is 0.252 e. The van der Waals surface area contributed by atoms with E-state index in [1.165, 1.54) is 10.6 Å². The van der Waals surface area contributed by atoms with E-state index in [0.717, 1.165) is 22.5 Å². The number of benzene rings is 1. The van der Waals surface area contributed by atoms with Crippen molar-refractivity contribution < 1.29 is 18.0 Å². The lowest BCUT2D eigenvalue weighted by Gasteiger charge is -2.31. The third-order valence-corrected chi connectivity index (χ3v) is 8.21. The highest BCUT2D eigenvalue weighted by Gasteiger charge is 2.33. The monoisotopic (exact) mass is 499 g/mol. The standard InChI is InChI=1S/C23H29N7O4S/c1-15-6-8-19(9-7-15)35(33,34)29-12-4-5-18(13-29)22(32)28-27-21(31)11-10-20-16(2)26-23-24-14-25-30(23)17(20)3/h6-9,14,18H,4-5,10-13H2,1-3H3,(H,27,31)(H,28,32)/t18-/m1/s1. The first-order valence-electron chi connectivity index (χ1n) is 11.5. The minimum absolute atomic E-state index is 0.0693. The first-order chi connectivity index (χ1) is 16.7. The summed E-state index contributed by atoms with van der Waals surface area (Å²) in [6.45, 7) is 6.07. The molecule has 186 valence electrons. The average molecular weight is 500 g/mol. The second kappa shape index (κ2) is 10.1. The molecule has 0 aliphatic carbocycles. The Morgan fingerprint density at radius 2 is 1.86 bits per heavy atom. The molecule has 1 atom stereocenters. The SMILES string of the molecule is Cc1ccc(S(=O)(=O)N2CCC[C@@H](C(=O)NNC(=O)CCc3c(C)nc4ncnn4c3C)C2)cc1. The van der Waals surface area contributed by atoms with E-state index in [9.17, 15) is 18.0 Å². The fourth-order valence-corrected chi connectivity index (χ4v) is 5.81. The van der Waals surface area contributed by atoms with Gasteiger partial charge >= 0.3 is 0 Å². The Balaban J connectivity index is 1.31. The van der Waals surface area contributed by atoms with Crippen LogP contribution in [0.15, 0.2) is 35.5 Å². The predicted molar refractivity (Wildman–Crippen MR) is 128 cm³/mol. The molecule has 1 aliphatic heterocycles. The molecule has 0 radical (unpaired) electrons. The molecule has 3 aromatic rings. The van der Waals surface area contributed by atoms with Gasteiger partial charge < -0.3 is 0 Å². The number of carbonyl (C=O) groups excluding carboxylic acids is 2. The lowest BCUT2D eigenvalue weighted by atomic mass is 9.99. The van der Waals surface area contributed by atoms with Gasteiger partial charge in [-0.05, 0) is 57.7 Å². The van der Waals surface area contributed by atoms with Crippen LogP contribution >= 0.6 is 0 Å². The van der Waals surface area contributed by atoms with Crippen molar-refractivity contribution in [2.24, 2.45) is 5.92 Å². The van der Waals surface area contributed by atoms with Gasteiger partial charge in [-0.25, -0.2) is 17.9 Å². The molecule has 0 saturated carbocycles. The summed E-state index contributed by atoms with van der Waals surface area (Å²) in [5, 5.41) is 4.14. The highest BCUT2D eigenvalue weighted by molar-refractivity contribution is 7.89. The maximum Gasteiger partial charge on any atom is 0.252 e. The number of hydrogen-bond acceptors (Lipinski definition) is 7. The Labute approximate surface area is 204 Å². The van der Waals surface area contributed by atoms with Crippen molar-refractivity contribution in [2.45, 2.75) is 51.3 Å². The number of nitrogens with zero attached hydrogens (tertiary/aromatic N) is 5. The van der Waals surface area contributed by atoms with Gasteiger partial charge in [0.15, 0.2) is 0 Å². The molecule has 1 aromatic carbocycles. The van der Waals surface area contributed by atoms with Crippen LogP contribution in [0.2, 0.25) is 0 Å². The average Bonchev–Trinajstić information content (AvgIpc) is 3.31. The molecule has 2 N–H and O–H groups in total. The van der Waals surface area contributed by atoms with Crippen LogP contribution in [0.25, 0.3) is 5.78 Å². The summed E-state index contributed by atoms with van der Waals surface area (Å²) in [5.74, 6) is -0.796. The van der Waals surface area contributed by atoms with Gasteiger partial charge in [0.1, 0.15) is 6.33 Å².